The van der Waals surface area contributed by atoms with Crippen molar-refractivity contribution in [3.8, 4) is 0 Å². The van der Waals surface area contributed by atoms with Gasteiger partial charge in [-0.25, -0.2) is 13.6 Å². The van der Waals surface area contributed by atoms with Crippen molar-refractivity contribution in [3.05, 3.63) is 39.5 Å². The van der Waals surface area contributed by atoms with Gasteiger partial charge in [0, 0.05) is 17.1 Å². The van der Waals surface area contributed by atoms with Gasteiger partial charge in [-0.15, -0.1) is 11.3 Å². The van der Waals surface area contributed by atoms with Crippen molar-refractivity contribution in [2.24, 2.45) is 5.14 Å². The number of nitrogen functional groups attached to an aromatic ring is 1. The third-order valence-corrected chi connectivity index (χ3v) is 4.87. The molecule has 5 nitrogen and oxygen atoms in total. The van der Waals surface area contributed by atoms with Gasteiger partial charge in [0.25, 0.3) is 0 Å². The molecule has 0 aliphatic carbocycles. The second-order valence-corrected chi connectivity index (χ2v) is 7.51. The van der Waals surface area contributed by atoms with Crippen molar-refractivity contribution in [2.75, 3.05) is 17.6 Å². The molecule has 8 heteroatoms. The molecule has 108 valence electrons. The molecule has 0 radical (unpaired) electrons. The summed E-state index contributed by atoms with van der Waals surface area (Å²) in [7, 11) is -3.81. The Hall–Kier alpha value is -1.28. The predicted octanol–water partition coefficient (Wildman–Crippen LogP) is 2.29. The minimum atomic E-state index is -3.81. The van der Waals surface area contributed by atoms with Crippen LogP contribution in [0.25, 0.3) is 0 Å². The van der Waals surface area contributed by atoms with E-state index in [2.05, 4.69) is 5.32 Å². The molecule has 0 fully saturated rings. The summed E-state index contributed by atoms with van der Waals surface area (Å²) in [5.74, 6) is 0. The lowest BCUT2D eigenvalue weighted by Gasteiger charge is -2.11. The molecule has 0 aliphatic rings. The van der Waals surface area contributed by atoms with Crippen molar-refractivity contribution in [2.45, 2.75) is 11.3 Å². The molecule has 20 heavy (non-hydrogen) atoms. The molecule has 1 aromatic heterocycles. The summed E-state index contributed by atoms with van der Waals surface area (Å²) in [6.45, 7) is 0.573. The van der Waals surface area contributed by atoms with Crippen LogP contribution in [0.2, 0.25) is 4.34 Å². The zero-order valence-corrected chi connectivity index (χ0v) is 12.9. The monoisotopic (exact) mass is 331 g/mol. The van der Waals surface area contributed by atoms with Crippen molar-refractivity contribution in [3.63, 3.8) is 0 Å². The Morgan fingerprint density at radius 1 is 1.25 bits per heavy atom. The van der Waals surface area contributed by atoms with E-state index in [1.807, 2.05) is 12.1 Å². The van der Waals surface area contributed by atoms with Crippen LogP contribution in [0, 0.1) is 0 Å². The topological polar surface area (TPSA) is 98.2 Å². The zero-order chi connectivity index (χ0) is 14.8. The number of benzene rings is 1. The van der Waals surface area contributed by atoms with Crippen molar-refractivity contribution < 1.29 is 8.42 Å². The largest absolute Gasteiger partial charge is 0.399 e. The van der Waals surface area contributed by atoms with Gasteiger partial charge in [0.2, 0.25) is 10.0 Å². The number of nitrogens with two attached hydrogens (primary N) is 2. The van der Waals surface area contributed by atoms with E-state index in [1.165, 1.54) is 17.4 Å². The Balaban J connectivity index is 2.10. The van der Waals surface area contributed by atoms with Crippen LogP contribution in [-0.4, -0.2) is 15.0 Å². The van der Waals surface area contributed by atoms with Crippen LogP contribution in [0.5, 0.6) is 0 Å². The first-order chi connectivity index (χ1) is 9.36. The normalized spacial score (nSPS) is 11.5. The summed E-state index contributed by atoms with van der Waals surface area (Å²) in [4.78, 5) is 1.12. The molecule has 2 aromatic rings. The second-order valence-electron chi connectivity index (χ2n) is 4.18. The van der Waals surface area contributed by atoms with Crippen LogP contribution in [-0.2, 0) is 16.4 Å². The Bertz CT molecular complexity index is 713. The van der Waals surface area contributed by atoms with E-state index >= 15 is 0 Å². The molecule has 1 heterocycles. The van der Waals surface area contributed by atoms with E-state index in [1.54, 1.807) is 12.1 Å². The summed E-state index contributed by atoms with van der Waals surface area (Å²) >= 11 is 7.34. The van der Waals surface area contributed by atoms with E-state index in [9.17, 15) is 8.42 Å². The fourth-order valence-corrected chi connectivity index (χ4v) is 3.56. The fraction of sp³-hybridized carbons (Fsp3) is 0.167. The van der Waals surface area contributed by atoms with Crippen LogP contribution >= 0.6 is 22.9 Å². The molecule has 2 rings (SSSR count). The quantitative estimate of drug-likeness (QED) is 0.732. The molecule has 1 aromatic carbocycles. The Morgan fingerprint density at radius 2 is 2.00 bits per heavy atom. The Morgan fingerprint density at radius 3 is 2.60 bits per heavy atom. The van der Waals surface area contributed by atoms with Gasteiger partial charge in [-0.2, -0.15) is 0 Å². The average molecular weight is 332 g/mol. The van der Waals surface area contributed by atoms with Crippen molar-refractivity contribution in [1.29, 1.82) is 0 Å². The van der Waals surface area contributed by atoms with Gasteiger partial charge in [0.15, 0.2) is 0 Å². The molecule has 0 spiro atoms. The summed E-state index contributed by atoms with van der Waals surface area (Å²) < 4.78 is 23.8. The molecule has 0 saturated carbocycles. The first-order valence-electron chi connectivity index (χ1n) is 5.76. The highest BCUT2D eigenvalue weighted by molar-refractivity contribution is 7.89. The molecule has 0 amide bonds. The number of hydrogen-bond donors (Lipinski definition) is 3. The maximum Gasteiger partial charge on any atom is 0.240 e. The number of primary sulfonamides is 1. The van der Waals surface area contributed by atoms with E-state index in [4.69, 9.17) is 22.5 Å². The third-order valence-electron chi connectivity index (χ3n) is 2.63. The van der Waals surface area contributed by atoms with Gasteiger partial charge in [-0.05, 0) is 36.8 Å². The predicted molar refractivity (Wildman–Crippen MR) is 83.8 cm³/mol. The van der Waals surface area contributed by atoms with Gasteiger partial charge >= 0.3 is 0 Å². The average Bonchev–Trinajstić information content (AvgIpc) is 2.76. The first-order valence-corrected chi connectivity index (χ1v) is 8.51. The standard InChI is InChI=1S/C12H14ClN3O2S2/c13-12-4-2-9(19-12)5-6-16-10-3-1-8(14)7-11(10)20(15,17)18/h1-4,7,16H,5-6,14H2,(H2,15,17,18). The van der Waals surface area contributed by atoms with Crippen molar-refractivity contribution in [1.82, 2.24) is 0 Å². The van der Waals surface area contributed by atoms with Gasteiger partial charge in [-0.1, -0.05) is 11.6 Å². The molecule has 0 saturated heterocycles. The molecule has 0 atom stereocenters. The second kappa shape index (κ2) is 6.01. The molecular weight excluding hydrogens is 318 g/mol. The smallest absolute Gasteiger partial charge is 0.240 e. The molecule has 0 unspecified atom stereocenters. The van der Waals surface area contributed by atoms with E-state index < -0.39 is 10.0 Å². The molecule has 0 bridgehead atoms. The first kappa shape index (κ1) is 15.1. The van der Waals surface area contributed by atoms with Gasteiger partial charge in [0.05, 0.1) is 10.0 Å². The number of thiophene rings is 1. The lowest BCUT2D eigenvalue weighted by molar-refractivity contribution is 0.598. The highest BCUT2D eigenvalue weighted by atomic mass is 35.5. The third kappa shape index (κ3) is 3.86. The zero-order valence-electron chi connectivity index (χ0n) is 10.5. The van der Waals surface area contributed by atoms with E-state index in [0.29, 0.717) is 17.9 Å². The number of rotatable bonds is 5. The lowest BCUT2D eigenvalue weighted by atomic mass is 10.2. The Labute approximate surface area is 126 Å². The lowest BCUT2D eigenvalue weighted by Crippen LogP contribution is -2.16. The highest BCUT2D eigenvalue weighted by Gasteiger charge is 2.14. The number of nitrogens with one attached hydrogen (secondary N) is 1. The maximum atomic E-state index is 11.5. The van der Waals surface area contributed by atoms with Crippen LogP contribution in [0.15, 0.2) is 35.2 Å². The SMILES string of the molecule is Nc1ccc(NCCc2ccc(Cl)s2)c(S(N)(=O)=O)c1. The highest BCUT2D eigenvalue weighted by Crippen LogP contribution is 2.24. The molecule has 5 N–H and O–H groups in total. The van der Waals surface area contributed by atoms with Crippen LogP contribution in [0.1, 0.15) is 4.88 Å². The van der Waals surface area contributed by atoms with Gasteiger partial charge < -0.3 is 11.1 Å². The van der Waals surface area contributed by atoms with Crippen LogP contribution < -0.4 is 16.2 Å². The maximum absolute atomic E-state index is 11.5. The number of halogens is 1. The Kier molecular flexibility index (Phi) is 4.54. The number of anilines is 2. The van der Waals surface area contributed by atoms with Gasteiger partial charge in [0.1, 0.15) is 4.90 Å². The minimum Gasteiger partial charge on any atom is -0.399 e. The van der Waals surface area contributed by atoms with Gasteiger partial charge in [-0.3, -0.25) is 0 Å². The summed E-state index contributed by atoms with van der Waals surface area (Å²) in [6, 6.07) is 8.36. The molecule has 0 aliphatic heterocycles. The van der Waals surface area contributed by atoms with Crippen molar-refractivity contribution >= 4 is 44.3 Å². The number of sulfonamides is 1. The number of hydrogen-bond acceptors (Lipinski definition) is 5. The summed E-state index contributed by atoms with van der Waals surface area (Å²) in [5.41, 5.74) is 6.39. The summed E-state index contributed by atoms with van der Waals surface area (Å²) in [5, 5.41) is 8.23. The van der Waals surface area contributed by atoms with E-state index in [0.717, 1.165) is 15.6 Å². The van der Waals surface area contributed by atoms with E-state index in [-0.39, 0.29) is 4.90 Å². The van der Waals surface area contributed by atoms with Crippen LogP contribution in [0.3, 0.4) is 0 Å². The molecular formula is C12H14ClN3O2S2. The summed E-state index contributed by atoms with van der Waals surface area (Å²) in [6.07, 6.45) is 0.742. The van der Waals surface area contributed by atoms with Crippen LogP contribution in [0.4, 0.5) is 11.4 Å². The fourth-order valence-electron chi connectivity index (χ4n) is 1.73. The minimum absolute atomic E-state index is 0.00159.